The molecule has 1 aromatic heterocycles. The van der Waals surface area contributed by atoms with Crippen LogP contribution in [0.1, 0.15) is 36.8 Å². The van der Waals surface area contributed by atoms with E-state index < -0.39 is 0 Å². The maximum atomic E-state index is 6.32. The van der Waals surface area contributed by atoms with Crippen LogP contribution >= 0.6 is 11.6 Å². The molecule has 0 aliphatic carbocycles. The minimum Gasteiger partial charge on any atom is -0.493 e. The smallest absolute Gasteiger partial charge is 0.214 e. The van der Waals surface area contributed by atoms with Gasteiger partial charge in [0.05, 0.1) is 37.5 Å². The molecule has 8 heteroatoms. The van der Waals surface area contributed by atoms with Crippen LogP contribution in [0, 0.1) is 13.8 Å². The lowest BCUT2D eigenvalue weighted by Gasteiger charge is -2.13. The van der Waals surface area contributed by atoms with Crippen molar-refractivity contribution < 1.29 is 13.9 Å². The molecule has 0 unspecified atom stereocenters. The molecule has 0 saturated heterocycles. The summed E-state index contributed by atoms with van der Waals surface area (Å²) >= 11 is 6.32. The molecule has 0 bridgehead atoms. The molecule has 0 spiro atoms. The van der Waals surface area contributed by atoms with Crippen molar-refractivity contribution in [2.75, 3.05) is 20.3 Å². The number of halogens is 1. The summed E-state index contributed by atoms with van der Waals surface area (Å²) < 4.78 is 16.5. The first-order valence-corrected chi connectivity index (χ1v) is 9.30. The van der Waals surface area contributed by atoms with Crippen LogP contribution in [0.5, 0.6) is 11.5 Å². The zero-order valence-corrected chi connectivity index (χ0v) is 17.2. The van der Waals surface area contributed by atoms with Crippen LogP contribution in [0.2, 0.25) is 5.02 Å². The third-order valence-electron chi connectivity index (χ3n) is 3.82. The van der Waals surface area contributed by atoms with Crippen LogP contribution < -0.4 is 20.1 Å². The Labute approximate surface area is 165 Å². The zero-order valence-electron chi connectivity index (χ0n) is 16.5. The van der Waals surface area contributed by atoms with Crippen molar-refractivity contribution in [3.05, 3.63) is 40.1 Å². The summed E-state index contributed by atoms with van der Waals surface area (Å²) in [5.74, 6) is 3.26. The summed E-state index contributed by atoms with van der Waals surface area (Å²) in [6, 6.07) is 3.72. The highest BCUT2D eigenvalue weighted by molar-refractivity contribution is 6.32. The highest BCUT2D eigenvalue weighted by Gasteiger charge is 2.12. The first-order chi connectivity index (χ1) is 13.0. The van der Waals surface area contributed by atoms with Crippen molar-refractivity contribution in [1.82, 2.24) is 15.6 Å². The summed E-state index contributed by atoms with van der Waals surface area (Å²) in [5.41, 5.74) is 1.81. The van der Waals surface area contributed by atoms with Crippen molar-refractivity contribution in [3.63, 3.8) is 0 Å². The molecule has 1 aromatic carbocycles. The molecule has 0 fully saturated rings. The SMILES string of the molecule is CCNC(=NCc1cc(Cl)c(OCC)c(OC)c1)NCc1nc(C)c(C)o1. The number of aryl methyl sites for hydroxylation is 2. The Balaban J connectivity index is 2.10. The van der Waals surface area contributed by atoms with E-state index in [-0.39, 0.29) is 0 Å². The molecule has 0 radical (unpaired) electrons. The van der Waals surface area contributed by atoms with E-state index in [0.717, 1.165) is 23.6 Å². The summed E-state index contributed by atoms with van der Waals surface area (Å²) in [7, 11) is 1.59. The molecular formula is C19H27ClN4O3. The Morgan fingerprint density at radius 1 is 1.26 bits per heavy atom. The number of methoxy groups -OCH3 is 1. The fourth-order valence-electron chi connectivity index (χ4n) is 2.44. The highest BCUT2D eigenvalue weighted by atomic mass is 35.5. The Bertz CT molecular complexity index is 770. The van der Waals surface area contributed by atoms with Gasteiger partial charge in [-0.15, -0.1) is 0 Å². The van der Waals surface area contributed by atoms with Gasteiger partial charge in [-0.3, -0.25) is 0 Å². The molecule has 2 aromatic rings. The molecule has 0 saturated carbocycles. The van der Waals surface area contributed by atoms with Crippen molar-refractivity contribution >= 4 is 17.6 Å². The van der Waals surface area contributed by atoms with Gasteiger partial charge in [-0.25, -0.2) is 9.98 Å². The summed E-state index contributed by atoms with van der Waals surface area (Å²) in [5, 5.41) is 6.92. The number of nitrogens with zero attached hydrogens (tertiary/aromatic N) is 2. The van der Waals surface area contributed by atoms with Gasteiger partial charge in [-0.05, 0) is 45.4 Å². The average molecular weight is 395 g/mol. The van der Waals surface area contributed by atoms with Crippen molar-refractivity contribution in [3.8, 4) is 11.5 Å². The van der Waals surface area contributed by atoms with E-state index in [2.05, 4.69) is 20.6 Å². The molecule has 27 heavy (non-hydrogen) atoms. The number of guanidine groups is 1. The fraction of sp³-hybridized carbons (Fsp3) is 0.474. The third-order valence-corrected chi connectivity index (χ3v) is 4.10. The van der Waals surface area contributed by atoms with Gasteiger partial charge in [0.15, 0.2) is 17.5 Å². The van der Waals surface area contributed by atoms with Gasteiger partial charge in [-0.1, -0.05) is 11.6 Å². The molecule has 0 amide bonds. The summed E-state index contributed by atoms with van der Waals surface area (Å²) in [6.45, 7) is 9.87. The standard InChI is InChI=1S/C19H27ClN4O3/c1-6-21-19(23-11-17-24-12(3)13(4)27-17)22-10-14-8-15(20)18(26-7-2)16(9-14)25-5/h8-9H,6-7,10-11H2,1-5H3,(H2,21,22,23). The topological polar surface area (TPSA) is 80.9 Å². The minimum absolute atomic E-state index is 0.432. The highest BCUT2D eigenvalue weighted by Crippen LogP contribution is 2.36. The normalized spacial score (nSPS) is 11.4. The van der Waals surface area contributed by atoms with Crippen LogP contribution in [0.3, 0.4) is 0 Å². The number of ether oxygens (including phenoxy) is 2. The molecule has 1 heterocycles. The van der Waals surface area contributed by atoms with E-state index in [1.807, 2.05) is 39.8 Å². The second kappa shape index (κ2) is 10.1. The number of hydrogen-bond acceptors (Lipinski definition) is 5. The van der Waals surface area contributed by atoms with Gasteiger partial charge in [0.2, 0.25) is 5.89 Å². The van der Waals surface area contributed by atoms with Gasteiger partial charge in [0.25, 0.3) is 0 Å². The van der Waals surface area contributed by atoms with E-state index in [1.165, 1.54) is 0 Å². The van der Waals surface area contributed by atoms with Gasteiger partial charge in [0, 0.05) is 6.54 Å². The number of hydrogen-bond donors (Lipinski definition) is 2. The Hall–Kier alpha value is -2.41. The van der Waals surface area contributed by atoms with Crippen LogP contribution in [-0.4, -0.2) is 31.2 Å². The molecule has 148 valence electrons. The summed E-state index contributed by atoms with van der Waals surface area (Å²) in [6.07, 6.45) is 0. The van der Waals surface area contributed by atoms with Crippen LogP contribution in [0.4, 0.5) is 0 Å². The number of rotatable bonds is 8. The largest absolute Gasteiger partial charge is 0.493 e. The molecular weight excluding hydrogens is 368 g/mol. The Morgan fingerprint density at radius 2 is 2.04 bits per heavy atom. The van der Waals surface area contributed by atoms with Crippen molar-refractivity contribution in [1.29, 1.82) is 0 Å². The summed E-state index contributed by atoms with van der Waals surface area (Å²) in [4.78, 5) is 8.95. The minimum atomic E-state index is 0.432. The Kier molecular flexibility index (Phi) is 7.79. The van der Waals surface area contributed by atoms with Gasteiger partial charge >= 0.3 is 0 Å². The number of oxazole rings is 1. The van der Waals surface area contributed by atoms with E-state index in [9.17, 15) is 0 Å². The van der Waals surface area contributed by atoms with Crippen LogP contribution in [0.15, 0.2) is 21.5 Å². The third kappa shape index (κ3) is 5.79. The molecule has 7 nitrogen and oxygen atoms in total. The second-order valence-corrected chi connectivity index (χ2v) is 6.25. The lowest BCUT2D eigenvalue weighted by Crippen LogP contribution is -2.36. The number of aliphatic imine (C=N–C) groups is 1. The van der Waals surface area contributed by atoms with Crippen molar-refractivity contribution in [2.45, 2.75) is 40.8 Å². The second-order valence-electron chi connectivity index (χ2n) is 5.84. The van der Waals surface area contributed by atoms with E-state index in [4.69, 9.17) is 25.5 Å². The van der Waals surface area contributed by atoms with Crippen LogP contribution in [0.25, 0.3) is 0 Å². The maximum absolute atomic E-state index is 6.32. The fourth-order valence-corrected chi connectivity index (χ4v) is 2.72. The molecule has 2 N–H and O–H groups in total. The lowest BCUT2D eigenvalue weighted by atomic mass is 10.2. The van der Waals surface area contributed by atoms with Crippen LogP contribution in [-0.2, 0) is 13.1 Å². The molecule has 0 aliphatic rings. The van der Waals surface area contributed by atoms with E-state index in [1.54, 1.807) is 7.11 Å². The molecule has 2 rings (SSSR count). The van der Waals surface area contributed by atoms with Gasteiger partial charge < -0.3 is 24.5 Å². The van der Waals surface area contributed by atoms with Gasteiger partial charge in [-0.2, -0.15) is 0 Å². The predicted molar refractivity (Wildman–Crippen MR) is 107 cm³/mol. The first kappa shape index (κ1) is 20.9. The van der Waals surface area contributed by atoms with E-state index in [0.29, 0.717) is 48.1 Å². The average Bonchev–Trinajstić information content (AvgIpc) is 2.97. The maximum Gasteiger partial charge on any atom is 0.214 e. The predicted octanol–water partition coefficient (Wildman–Crippen LogP) is 3.61. The number of aromatic nitrogens is 1. The van der Waals surface area contributed by atoms with E-state index >= 15 is 0 Å². The first-order valence-electron chi connectivity index (χ1n) is 8.92. The quantitative estimate of drug-likeness (QED) is 0.526. The lowest BCUT2D eigenvalue weighted by molar-refractivity contribution is 0.311. The molecule has 0 aliphatic heterocycles. The molecule has 0 atom stereocenters. The number of nitrogens with one attached hydrogen (secondary N) is 2. The zero-order chi connectivity index (χ0) is 19.8. The van der Waals surface area contributed by atoms with Gasteiger partial charge in [0.1, 0.15) is 5.76 Å². The number of benzene rings is 1. The monoisotopic (exact) mass is 394 g/mol. The van der Waals surface area contributed by atoms with Crippen molar-refractivity contribution in [2.24, 2.45) is 4.99 Å². The Morgan fingerprint density at radius 3 is 2.63 bits per heavy atom.